The van der Waals surface area contributed by atoms with Crippen molar-refractivity contribution in [1.29, 1.82) is 0 Å². The average molecular weight is 142 g/mol. The van der Waals surface area contributed by atoms with Gasteiger partial charge in [-0.15, -0.1) is 0 Å². The zero-order valence-corrected chi connectivity index (χ0v) is 7.22. The van der Waals surface area contributed by atoms with Crippen LogP contribution in [0.25, 0.3) is 0 Å². The van der Waals surface area contributed by atoms with E-state index in [0.29, 0.717) is 12.2 Å². The van der Waals surface area contributed by atoms with Gasteiger partial charge in [0.2, 0.25) is 0 Å². The summed E-state index contributed by atoms with van der Waals surface area (Å²) in [5, 5.41) is 3.32. The van der Waals surface area contributed by atoms with Crippen molar-refractivity contribution >= 4 is 0 Å². The van der Waals surface area contributed by atoms with E-state index >= 15 is 0 Å². The number of hydrogen-bond acceptors (Lipinski definition) is 2. The third-order valence-corrected chi connectivity index (χ3v) is 2.29. The van der Waals surface area contributed by atoms with Crippen LogP contribution in [0.5, 0.6) is 0 Å². The van der Waals surface area contributed by atoms with E-state index in [4.69, 9.17) is 0 Å². The number of likely N-dealkylation sites (tertiary alicyclic amines) is 1. The largest absolute Gasteiger partial charge is 0.305 e. The van der Waals surface area contributed by atoms with Crippen LogP contribution in [0.4, 0.5) is 0 Å². The molecular weight excluding hydrogens is 124 g/mol. The third-order valence-electron chi connectivity index (χ3n) is 2.29. The molecule has 0 aliphatic carbocycles. The van der Waals surface area contributed by atoms with Gasteiger partial charge in [0.15, 0.2) is 0 Å². The van der Waals surface area contributed by atoms with Crippen molar-refractivity contribution in [1.82, 2.24) is 10.2 Å². The summed E-state index contributed by atoms with van der Waals surface area (Å²) >= 11 is 0. The molecule has 1 saturated heterocycles. The van der Waals surface area contributed by atoms with Crippen molar-refractivity contribution in [2.75, 3.05) is 13.6 Å². The third kappa shape index (κ3) is 1.50. The Morgan fingerprint density at radius 2 is 2.20 bits per heavy atom. The number of nitrogens with zero attached hydrogens (tertiary/aromatic N) is 1. The van der Waals surface area contributed by atoms with E-state index in [9.17, 15) is 0 Å². The molecule has 1 aliphatic heterocycles. The summed E-state index contributed by atoms with van der Waals surface area (Å²) < 4.78 is 0. The fraction of sp³-hybridized carbons (Fsp3) is 1.00. The predicted octanol–water partition coefficient (Wildman–Crippen LogP) is 1.04. The van der Waals surface area contributed by atoms with Crippen LogP contribution in [0.15, 0.2) is 0 Å². The Hall–Kier alpha value is -0.0800. The Balaban J connectivity index is 2.42. The molecular formula is C8H18N2. The molecule has 10 heavy (non-hydrogen) atoms. The van der Waals surface area contributed by atoms with Crippen LogP contribution in [0.1, 0.15) is 26.7 Å². The molecule has 1 heterocycles. The van der Waals surface area contributed by atoms with Gasteiger partial charge in [-0.3, -0.25) is 4.90 Å². The number of rotatable bonds is 2. The first-order valence-electron chi connectivity index (χ1n) is 4.18. The quantitative estimate of drug-likeness (QED) is 0.619. The Morgan fingerprint density at radius 1 is 1.50 bits per heavy atom. The van der Waals surface area contributed by atoms with E-state index in [1.807, 2.05) is 7.05 Å². The van der Waals surface area contributed by atoms with Gasteiger partial charge in [-0.05, 0) is 33.7 Å². The van der Waals surface area contributed by atoms with Crippen LogP contribution in [-0.4, -0.2) is 30.7 Å². The molecule has 1 N–H and O–H groups in total. The maximum atomic E-state index is 3.32. The maximum Gasteiger partial charge on any atom is 0.0597 e. The number of hydrogen-bond donors (Lipinski definition) is 1. The molecule has 1 atom stereocenters. The van der Waals surface area contributed by atoms with Crippen molar-refractivity contribution < 1.29 is 0 Å². The molecule has 2 nitrogen and oxygen atoms in total. The highest BCUT2D eigenvalue weighted by atomic mass is 15.3. The van der Waals surface area contributed by atoms with Crippen molar-refractivity contribution in [3.8, 4) is 0 Å². The molecule has 0 spiro atoms. The van der Waals surface area contributed by atoms with Crippen molar-refractivity contribution in [2.24, 2.45) is 0 Å². The van der Waals surface area contributed by atoms with Gasteiger partial charge in [0, 0.05) is 12.6 Å². The molecule has 0 aromatic heterocycles. The van der Waals surface area contributed by atoms with E-state index in [1.165, 1.54) is 19.4 Å². The molecule has 0 radical (unpaired) electrons. The van der Waals surface area contributed by atoms with Crippen LogP contribution < -0.4 is 5.32 Å². The SMILES string of the molecule is CN[C@@H]1CCCN1C(C)C. The first kappa shape index (κ1) is 8.02. The van der Waals surface area contributed by atoms with Gasteiger partial charge >= 0.3 is 0 Å². The molecule has 0 amide bonds. The van der Waals surface area contributed by atoms with Crippen LogP contribution in [0.2, 0.25) is 0 Å². The van der Waals surface area contributed by atoms with Crippen molar-refractivity contribution in [3.05, 3.63) is 0 Å². The monoisotopic (exact) mass is 142 g/mol. The van der Waals surface area contributed by atoms with E-state index in [1.54, 1.807) is 0 Å². The summed E-state index contributed by atoms with van der Waals surface area (Å²) in [7, 11) is 2.05. The Kier molecular flexibility index (Phi) is 2.69. The lowest BCUT2D eigenvalue weighted by molar-refractivity contribution is 0.183. The minimum atomic E-state index is 0.639. The lowest BCUT2D eigenvalue weighted by atomic mass is 10.3. The van der Waals surface area contributed by atoms with Crippen LogP contribution in [-0.2, 0) is 0 Å². The second-order valence-corrected chi connectivity index (χ2v) is 3.28. The van der Waals surface area contributed by atoms with Crippen LogP contribution in [0.3, 0.4) is 0 Å². The molecule has 0 aromatic carbocycles. The summed E-state index contributed by atoms with van der Waals surface area (Å²) in [6.07, 6.45) is 3.30. The summed E-state index contributed by atoms with van der Waals surface area (Å²) in [6, 6.07) is 0.694. The molecule has 0 unspecified atom stereocenters. The predicted molar refractivity (Wildman–Crippen MR) is 43.9 cm³/mol. The van der Waals surface area contributed by atoms with Gasteiger partial charge in [-0.1, -0.05) is 0 Å². The van der Waals surface area contributed by atoms with Crippen molar-refractivity contribution in [3.63, 3.8) is 0 Å². The first-order chi connectivity index (χ1) is 4.75. The highest BCUT2D eigenvalue weighted by Crippen LogP contribution is 2.16. The minimum Gasteiger partial charge on any atom is -0.305 e. The molecule has 1 aliphatic rings. The molecule has 60 valence electrons. The molecule has 0 bridgehead atoms. The Labute approximate surface area is 63.6 Å². The van der Waals surface area contributed by atoms with Crippen LogP contribution >= 0.6 is 0 Å². The second-order valence-electron chi connectivity index (χ2n) is 3.28. The molecule has 0 saturated carbocycles. The normalized spacial score (nSPS) is 28.2. The first-order valence-corrected chi connectivity index (χ1v) is 4.18. The van der Waals surface area contributed by atoms with Gasteiger partial charge in [0.05, 0.1) is 6.17 Å². The summed E-state index contributed by atoms with van der Waals surface area (Å²) in [5.74, 6) is 0. The zero-order valence-electron chi connectivity index (χ0n) is 7.22. The zero-order chi connectivity index (χ0) is 7.56. The molecule has 1 fully saturated rings. The van der Waals surface area contributed by atoms with Crippen LogP contribution in [0, 0.1) is 0 Å². The Morgan fingerprint density at radius 3 is 2.60 bits per heavy atom. The van der Waals surface area contributed by atoms with Gasteiger partial charge in [-0.2, -0.15) is 0 Å². The second kappa shape index (κ2) is 3.35. The fourth-order valence-electron chi connectivity index (χ4n) is 1.72. The summed E-state index contributed by atoms with van der Waals surface area (Å²) in [6.45, 7) is 5.79. The molecule has 0 aromatic rings. The molecule has 1 rings (SSSR count). The van der Waals surface area contributed by atoms with Gasteiger partial charge in [-0.25, -0.2) is 0 Å². The maximum absolute atomic E-state index is 3.32. The van der Waals surface area contributed by atoms with E-state index in [2.05, 4.69) is 24.1 Å². The number of nitrogens with one attached hydrogen (secondary N) is 1. The minimum absolute atomic E-state index is 0.639. The molecule has 2 heteroatoms. The van der Waals surface area contributed by atoms with Gasteiger partial charge < -0.3 is 5.32 Å². The Bertz CT molecular complexity index is 101. The lowest BCUT2D eigenvalue weighted by Gasteiger charge is -2.27. The standard InChI is InChI=1S/C8H18N2/c1-7(2)10-6-4-5-8(10)9-3/h7-9H,4-6H2,1-3H3/t8-/m0/s1. The van der Waals surface area contributed by atoms with Gasteiger partial charge in [0.25, 0.3) is 0 Å². The summed E-state index contributed by atoms with van der Waals surface area (Å²) in [5.41, 5.74) is 0. The topological polar surface area (TPSA) is 15.3 Å². The highest BCUT2D eigenvalue weighted by molar-refractivity contribution is 4.78. The summed E-state index contributed by atoms with van der Waals surface area (Å²) in [4.78, 5) is 2.51. The van der Waals surface area contributed by atoms with E-state index < -0.39 is 0 Å². The van der Waals surface area contributed by atoms with Gasteiger partial charge in [0.1, 0.15) is 0 Å². The van der Waals surface area contributed by atoms with E-state index in [-0.39, 0.29) is 0 Å². The van der Waals surface area contributed by atoms with Crippen molar-refractivity contribution in [2.45, 2.75) is 38.9 Å². The average Bonchev–Trinajstić information content (AvgIpc) is 2.33. The lowest BCUT2D eigenvalue weighted by Crippen LogP contribution is -2.42. The highest BCUT2D eigenvalue weighted by Gasteiger charge is 2.24. The smallest absolute Gasteiger partial charge is 0.0597 e. The van der Waals surface area contributed by atoms with E-state index in [0.717, 1.165) is 0 Å². The fourth-order valence-corrected chi connectivity index (χ4v) is 1.72.